The highest BCUT2D eigenvalue weighted by molar-refractivity contribution is 7.61. The van der Waals surface area contributed by atoms with Gasteiger partial charge in [-0.15, -0.1) is 0 Å². The molecule has 4 heteroatoms. The zero-order chi connectivity index (χ0) is 11.6. The van der Waals surface area contributed by atoms with Gasteiger partial charge < -0.3 is 9.46 Å². The normalized spacial score (nSPS) is 11.5. The minimum absolute atomic E-state index is 0.579. The van der Waals surface area contributed by atoms with Crippen LogP contribution in [0.2, 0.25) is 0 Å². The van der Waals surface area contributed by atoms with Crippen molar-refractivity contribution >= 4 is 13.0 Å². The molecule has 3 nitrogen and oxygen atoms in total. The lowest BCUT2D eigenvalue weighted by Gasteiger charge is -2.14. The molecule has 84 valence electrons. The summed E-state index contributed by atoms with van der Waals surface area (Å²) in [6.07, 6.45) is 0.579. The van der Waals surface area contributed by atoms with Crippen molar-refractivity contribution in [3.8, 4) is 0 Å². The topological polar surface area (TPSA) is 33.2 Å². The zero-order valence-corrected chi connectivity index (χ0v) is 11.0. The molecule has 0 saturated heterocycles. The van der Waals surface area contributed by atoms with Crippen LogP contribution in [0.5, 0.6) is 0 Å². The van der Waals surface area contributed by atoms with Crippen LogP contribution in [0.4, 0.5) is 5.82 Å². The van der Waals surface area contributed by atoms with Crippen molar-refractivity contribution in [1.29, 1.82) is 0 Å². The van der Waals surface area contributed by atoms with E-state index >= 15 is 0 Å². The first-order valence-corrected chi connectivity index (χ1v) is 7.75. The van der Waals surface area contributed by atoms with Crippen molar-refractivity contribution in [1.82, 2.24) is 4.98 Å². The molecule has 1 aromatic rings. The molecule has 0 aliphatic rings. The molecule has 0 atom stereocenters. The number of nitrogens with zero attached hydrogens (tertiary/aromatic N) is 2. The van der Waals surface area contributed by atoms with Gasteiger partial charge in [-0.05, 0) is 37.9 Å². The summed E-state index contributed by atoms with van der Waals surface area (Å²) in [7, 11) is 1.88. The van der Waals surface area contributed by atoms with E-state index in [1.807, 2.05) is 38.1 Å². The highest BCUT2D eigenvalue weighted by Gasteiger charge is 2.11. The number of aromatic nitrogens is 1. The summed E-state index contributed by atoms with van der Waals surface area (Å²) < 4.78 is 11.7. The van der Waals surface area contributed by atoms with Crippen LogP contribution in [0.25, 0.3) is 0 Å². The number of rotatable bonds is 3. The highest BCUT2D eigenvalue weighted by Crippen LogP contribution is 2.40. The van der Waals surface area contributed by atoms with Gasteiger partial charge in [-0.25, -0.2) is 4.98 Å². The molecule has 0 amide bonds. The van der Waals surface area contributed by atoms with Crippen molar-refractivity contribution in [2.24, 2.45) is 0 Å². The van der Waals surface area contributed by atoms with Gasteiger partial charge in [0, 0.05) is 20.3 Å². The number of hydrogen-bond acceptors (Lipinski definition) is 3. The third-order valence-electron chi connectivity index (χ3n) is 2.01. The summed E-state index contributed by atoms with van der Waals surface area (Å²) in [4.78, 5) is 6.44. The Morgan fingerprint density at radius 2 is 1.93 bits per heavy atom. The van der Waals surface area contributed by atoms with E-state index in [1.165, 1.54) is 0 Å². The van der Waals surface area contributed by atoms with Crippen LogP contribution in [0.1, 0.15) is 11.3 Å². The Hall–Kier alpha value is -0.820. The van der Waals surface area contributed by atoms with Gasteiger partial charge in [0.25, 0.3) is 0 Å². The van der Waals surface area contributed by atoms with Gasteiger partial charge >= 0.3 is 0 Å². The lowest BCUT2D eigenvalue weighted by atomic mass is 10.2. The first-order valence-electron chi connectivity index (χ1n) is 4.97. The second-order valence-corrected chi connectivity index (χ2v) is 8.08. The summed E-state index contributed by atoms with van der Waals surface area (Å²) in [6.45, 7) is 5.63. The van der Waals surface area contributed by atoms with E-state index in [-0.39, 0.29) is 0 Å². The van der Waals surface area contributed by atoms with Crippen LogP contribution in [-0.4, -0.2) is 32.4 Å². The molecule has 0 radical (unpaired) electrons. The van der Waals surface area contributed by atoms with Crippen LogP contribution in [0.3, 0.4) is 0 Å². The zero-order valence-electron chi connectivity index (χ0n) is 10.1. The molecule has 15 heavy (non-hydrogen) atoms. The van der Waals surface area contributed by atoms with Crippen molar-refractivity contribution in [3.63, 3.8) is 0 Å². The summed E-state index contributed by atoms with van der Waals surface area (Å²) in [5.74, 6) is 0.929. The average molecular weight is 226 g/mol. The second-order valence-electron chi connectivity index (χ2n) is 4.62. The Kier molecular flexibility index (Phi) is 3.56. The fourth-order valence-corrected chi connectivity index (χ4v) is 2.36. The molecule has 0 aromatic carbocycles. The SMILES string of the molecule is Cc1cc(CP(C)(C)=O)nc(N(C)C)c1. The quantitative estimate of drug-likeness (QED) is 0.743. The lowest BCUT2D eigenvalue weighted by molar-refractivity contribution is 0.581. The third-order valence-corrected chi connectivity index (χ3v) is 3.10. The molecule has 0 aliphatic heterocycles. The van der Waals surface area contributed by atoms with E-state index in [0.29, 0.717) is 6.16 Å². The number of anilines is 1. The van der Waals surface area contributed by atoms with Gasteiger partial charge in [0.2, 0.25) is 0 Å². The van der Waals surface area contributed by atoms with E-state index in [4.69, 9.17) is 0 Å². The van der Waals surface area contributed by atoms with Crippen molar-refractivity contribution in [3.05, 3.63) is 23.4 Å². The standard InChI is InChI=1S/C11H19N2OP/c1-9-6-10(8-15(4,5)14)12-11(7-9)13(2)3/h6-7H,8H2,1-5H3. The van der Waals surface area contributed by atoms with Gasteiger partial charge in [0.15, 0.2) is 0 Å². The first-order chi connectivity index (χ1) is 6.78. The number of hydrogen-bond donors (Lipinski definition) is 0. The van der Waals surface area contributed by atoms with Crippen LogP contribution < -0.4 is 4.90 Å². The van der Waals surface area contributed by atoms with Crippen LogP contribution in [0.15, 0.2) is 12.1 Å². The molecule has 0 fully saturated rings. The van der Waals surface area contributed by atoms with E-state index in [0.717, 1.165) is 17.1 Å². The Balaban J connectivity index is 3.04. The number of aryl methyl sites for hydroxylation is 1. The van der Waals surface area contributed by atoms with Crippen molar-refractivity contribution in [2.45, 2.75) is 13.1 Å². The summed E-state index contributed by atoms with van der Waals surface area (Å²) in [6, 6.07) is 4.03. The summed E-state index contributed by atoms with van der Waals surface area (Å²) in [5, 5.41) is 0. The van der Waals surface area contributed by atoms with Gasteiger partial charge in [0.1, 0.15) is 5.82 Å². The van der Waals surface area contributed by atoms with Crippen LogP contribution in [0, 0.1) is 6.92 Å². The van der Waals surface area contributed by atoms with Gasteiger partial charge in [-0.1, -0.05) is 0 Å². The Morgan fingerprint density at radius 3 is 2.40 bits per heavy atom. The number of pyridine rings is 1. The maximum atomic E-state index is 11.7. The van der Waals surface area contributed by atoms with Gasteiger partial charge in [0.05, 0.1) is 12.8 Å². The average Bonchev–Trinajstić information content (AvgIpc) is 1.99. The largest absolute Gasteiger partial charge is 0.363 e. The molecule has 0 unspecified atom stereocenters. The Labute approximate surface area is 91.9 Å². The second kappa shape index (κ2) is 4.36. The Morgan fingerprint density at radius 1 is 1.33 bits per heavy atom. The van der Waals surface area contributed by atoms with E-state index in [1.54, 1.807) is 13.3 Å². The van der Waals surface area contributed by atoms with Gasteiger partial charge in [-0.2, -0.15) is 0 Å². The first kappa shape index (κ1) is 12.3. The Bertz CT molecular complexity index is 396. The van der Waals surface area contributed by atoms with Crippen molar-refractivity contribution < 1.29 is 4.57 Å². The molecule has 1 rings (SSSR count). The van der Waals surface area contributed by atoms with E-state index in [9.17, 15) is 4.57 Å². The molecular weight excluding hydrogens is 207 g/mol. The lowest BCUT2D eigenvalue weighted by Crippen LogP contribution is -2.11. The molecule has 0 spiro atoms. The fourth-order valence-electron chi connectivity index (χ4n) is 1.42. The fraction of sp³-hybridized carbons (Fsp3) is 0.545. The van der Waals surface area contributed by atoms with E-state index in [2.05, 4.69) is 4.98 Å². The smallest absolute Gasteiger partial charge is 0.128 e. The summed E-state index contributed by atoms with van der Waals surface area (Å²) >= 11 is 0. The molecule has 0 bridgehead atoms. The van der Waals surface area contributed by atoms with Crippen LogP contribution in [-0.2, 0) is 10.7 Å². The molecule has 1 heterocycles. The van der Waals surface area contributed by atoms with Crippen LogP contribution >= 0.6 is 7.14 Å². The minimum atomic E-state index is -2.04. The van der Waals surface area contributed by atoms with E-state index < -0.39 is 7.14 Å². The monoisotopic (exact) mass is 226 g/mol. The highest BCUT2D eigenvalue weighted by atomic mass is 31.2. The predicted octanol–water partition coefficient (Wildman–Crippen LogP) is 2.58. The van der Waals surface area contributed by atoms with Crippen molar-refractivity contribution in [2.75, 3.05) is 32.3 Å². The molecule has 0 saturated carbocycles. The molecular formula is C11H19N2OP. The molecule has 1 aromatic heterocycles. The minimum Gasteiger partial charge on any atom is -0.363 e. The molecule has 0 aliphatic carbocycles. The molecule has 0 N–H and O–H groups in total. The summed E-state index contributed by atoms with van der Waals surface area (Å²) in [5.41, 5.74) is 2.09. The maximum absolute atomic E-state index is 11.7. The maximum Gasteiger partial charge on any atom is 0.128 e. The third kappa shape index (κ3) is 4.05. The predicted molar refractivity (Wildman–Crippen MR) is 66.5 cm³/mol. The van der Waals surface area contributed by atoms with Gasteiger partial charge in [-0.3, -0.25) is 0 Å².